The molecule has 0 fully saturated rings. The van der Waals surface area contributed by atoms with Crippen LogP contribution in [-0.4, -0.2) is 15.0 Å². The molecule has 0 radical (unpaired) electrons. The quantitative estimate of drug-likeness (QED) is 0.200. The molecule has 4 heterocycles. The Kier molecular flexibility index (Phi) is 6.09. The summed E-state index contributed by atoms with van der Waals surface area (Å²) in [7, 11) is 0. The van der Waals surface area contributed by atoms with Gasteiger partial charge < -0.3 is 14.5 Å². The average Bonchev–Trinajstić information content (AvgIpc) is 3.86. The Balaban J connectivity index is 1.36. The Morgan fingerprint density at radius 2 is 1.30 bits per heavy atom. The molecule has 0 saturated carbocycles. The molecule has 46 heavy (non-hydrogen) atoms. The molecule has 1 aliphatic rings. The number of benzene rings is 5. The van der Waals surface area contributed by atoms with E-state index in [0.29, 0.717) is 11.6 Å². The molecule has 0 aliphatic carbocycles. The Morgan fingerprint density at radius 1 is 0.565 bits per heavy atom. The maximum Gasteiger partial charge on any atom is 0.245 e. The maximum absolute atomic E-state index is 5.77. The van der Waals surface area contributed by atoms with E-state index in [0.717, 1.165) is 55.1 Å². The molecule has 0 bridgehead atoms. The number of hydrogen-bond donors (Lipinski definition) is 1. The van der Waals surface area contributed by atoms with Crippen molar-refractivity contribution >= 4 is 32.3 Å². The van der Waals surface area contributed by atoms with Gasteiger partial charge in [-0.15, -0.1) is 0 Å². The monoisotopic (exact) mass is 594 g/mol. The van der Waals surface area contributed by atoms with Gasteiger partial charge in [-0.1, -0.05) is 78.9 Å². The Bertz CT molecular complexity index is 2440. The molecule has 6 heteroatoms. The number of ether oxygens (including phenoxy) is 1. The van der Waals surface area contributed by atoms with E-state index in [4.69, 9.17) is 9.15 Å². The number of fused-ring (bicyclic) bond motifs is 3. The minimum Gasteiger partial charge on any atom is -0.471 e. The van der Waals surface area contributed by atoms with Crippen molar-refractivity contribution in [3.05, 3.63) is 152 Å². The number of rotatable bonds is 5. The van der Waals surface area contributed by atoms with Gasteiger partial charge in [0.05, 0.1) is 6.20 Å². The van der Waals surface area contributed by atoms with E-state index >= 15 is 0 Å². The molecule has 3 aromatic heterocycles. The van der Waals surface area contributed by atoms with Crippen LogP contribution in [0.3, 0.4) is 0 Å². The number of nitrogens with one attached hydrogen (secondary N) is 1. The van der Waals surface area contributed by atoms with Crippen molar-refractivity contribution in [3.8, 4) is 45.0 Å². The fourth-order valence-corrected chi connectivity index (χ4v) is 6.68. The van der Waals surface area contributed by atoms with Crippen LogP contribution in [0, 0.1) is 0 Å². The van der Waals surface area contributed by atoms with Gasteiger partial charge in [0, 0.05) is 18.6 Å². The third-order valence-electron chi connectivity index (χ3n) is 8.69. The van der Waals surface area contributed by atoms with Crippen LogP contribution in [0.5, 0.6) is 0 Å². The van der Waals surface area contributed by atoms with Gasteiger partial charge in [0.25, 0.3) is 0 Å². The van der Waals surface area contributed by atoms with Crippen molar-refractivity contribution < 1.29 is 9.15 Å². The first-order valence-corrected chi connectivity index (χ1v) is 15.2. The summed E-state index contributed by atoms with van der Waals surface area (Å²) in [5.74, 6) is 0.492. The summed E-state index contributed by atoms with van der Waals surface area (Å²) in [6.07, 6.45) is 10.0. The van der Waals surface area contributed by atoms with E-state index in [1.807, 2.05) is 12.4 Å². The highest BCUT2D eigenvalue weighted by Crippen LogP contribution is 2.45. The molecule has 8 aromatic rings. The predicted molar refractivity (Wildman–Crippen MR) is 182 cm³/mol. The topological polar surface area (TPSA) is 73.1 Å². The van der Waals surface area contributed by atoms with Crippen molar-refractivity contribution in [3.63, 3.8) is 0 Å². The number of aromatic nitrogens is 3. The van der Waals surface area contributed by atoms with Crippen molar-refractivity contribution in [2.24, 2.45) is 0 Å². The van der Waals surface area contributed by atoms with Crippen LogP contribution >= 0.6 is 0 Å². The van der Waals surface area contributed by atoms with Gasteiger partial charge in [-0.25, -0.2) is 4.98 Å². The van der Waals surface area contributed by atoms with Crippen molar-refractivity contribution in [1.82, 2.24) is 20.3 Å². The first-order chi connectivity index (χ1) is 22.8. The fraction of sp³-hybridized carbons (Fsp3) is 0.0250. The lowest BCUT2D eigenvalue weighted by molar-refractivity contribution is 0.150. The van der Waals surface area contributed by atoms with Crippen LogP contribution in [0.2, 0.25) is 0 Å². The molecule has 218 valence electrons. The molecule has 0 amide bonds. The Morgan fingerprint density at radius 3 is 2.11 bits per heavy atom. The zero-order valence-electron chi connectivity index (χ0n) is 24.6. The normalized spacial score (nSPS) is 14.1. The second kappa shape index (κ2) is 10.7. The third kappa shape index (κ3) is 4.31. The number of pyridine rings is 2. The summed E-state index contributed by atoms with van der Waals surface area (Å²) in [5.41, 5.74) is 8.24. The molecule has 0 saturated heterocycles. The Hall–Kier alpha value is -6.27. The van der Waals surface area contributed by atoms with E-state index in [9.17, 15) is 0 Å². The third-order valence-corrected chi connectivity index (χ3v) is 8.69. The van der Waals surface area contributed by atoms with Crippen LogP contribution in [0.4, 0.5) is 0 Å². The molecule has 9 rings (SSSR count). The minimum atomic E-state index is -0.326. The highest BCUT2D eigenvalue weighted by molar-refractivity contribution is 6.22. The molecule has 5 aromatic carbocycles. The zero-order valence-corrected chi connectivity index (χ0v) is 24.6. The van der Waals surface area contributed by atoms with Gasteiger partial charge >= 0.3 is 0 Å². The molecule has 1 atom stereocenters. The summed E-state index contributed by atoms with van der Waals surface area (Å²) in [5, 5.41) is 10.2. The van der Waals surface area contributed by atoms with Gasteiger partial charge in [0.2, 0.25) is 12.1 Å². The lowest BCUT2D eigenvalue weighted by Gasteiger charge is -2.20. The molecule has 0 spiro atoms. The van der Waals surface area contributed by atoms with E-state index in [-0.39, 0.29) is 6.23 Å². The summed E-state index contributed by atoms with van der Waals surface area (Å²) in [6.45, 7) is 0. The van der Waals surface area contributed by atoms with Gasteiger partial charge in [0.1, 0.15) is 23.9 Å². The summed E-state index contributed by atoms with van der Waals surface area (Å²) < 4.78 is 11.4. The highest BCUT2D eigenvalue weighted by atomic mass is 16.5. The van der Waals surface area contributed by atoms with E-state index in [1.165, 1.54) is 16.3 Å². The van der Waals surface area contributed by atoms with E-state index in [2.05, 4.69) is 129 Å². The Labute approximate surface area is 264 Å². The van der Waals surface area contributed by atoms with Crippen LogP contribution in [0.25, 0.3) is 77.3 Å². The van der Waals surface area contributed by atoms with Crippen molar-refractivity contribution in [1.29, 1.82) is 0 Å². The highest BCUT2D eigenvalue weighted by Gasteiger charge is 2.21. The van der Waals surface area contributed by atoms with Gasteiger partial charge in [-0.2, -0.15) is 0 Å². The standard InChI is InChI=1S/C40H26N4O2/c1-2-8-29-25(6-1)7-5-11-30(29)26-12-13-33-34(22-26)38(28-15-17-42-36(24-28)40-44-19-21-46-40)32-10-4-3-9-31(32)37(33)27-14-16-41-35(23-27)39-43-18-20-45-39/h1-24,40,44H. The summed E-state index contributed by atoms with van der Waals surface area (Å²) in [6, 6.07) is 38.8. The van der Waals surface area contributed by atoms with Gasteiger partial charge in [0.15, 0.2) is 0 Å². The summed E-state index contributed by atoms with van der Waals surface area (Å²) in [4.78, 5) is 13.6. The van der Waals surface area contributed by atoms with E-state index in [1.54, 1.807) is 24.9 Å². The van der Waals surface area contributed by atoms with Crippen LogP contribution in [-0.2, 0) is 4.74 Å². The number of nitrogens with zero attached hydrogens (tertiary/aromatic N) is 3. The first kappa shape index (κ1) is 26.2. The van der Waals surface area contributed by atoms with Crippen molar-refractivity contribution in [2.45, 2.75) is 6.23 Å². The maximum atomic E-state index is 5.77. The van der Waals surface area contributed by atoms with Crippen LogP contribution < -0.4 is 5.32 Å². The van der Waals surface area contributed by atoms with Gasteiger partial charge in [-0.05, 0) is 96.0 Å². The second-order valence-corrected chi connectivity index (χ2v) is 11.3. The van der Waals surface area contributed by atoms with Gasteiger partial charge in [-0.3, -0.25) is 9.97 Å². The first-order valence-electron chi connectivity index (χ1n) is 15.2. The molecular weight excluding hydrogens is 568 g/mol. The lowest BCUT2D eigenvalue weighted by atomic mass is 9.84. The van der Waals surface area contributed by atoms with E-state index < -0.39 is 0 Å². The SMILES string of the molecule is C1=COC(c2cc(-c3c4ccccc4c(-c4ccnc(-c5ncco5)c4)c4ccc(-c5cccc6ccccc56)cc34)ccn2)N1. The average molecular weight is 595 g/mol. The van der Waals surface area contributed by atoms with Crippen LogP contribution in [0.15, 0.2) is 151 Å². The molecule has 1 N–H and O–H groups in total. The summed E-state index contributed by atoms with van der Waals surface area (Å²) >= 11 is 0. The predicted octanol–water partition coefficient (Wildman–Crippen LogP) is 9.68. The molecule has 1 aliphatic heterocycles. The fourth-order valence-electron chi connectivity index (χ4n) is 6.68. The minimum absolute atomic E-state index is 0.326. The largest absolute Gasteiger partial charge is 0.471 e. The second-order valence-electron chi connectivity index (χ2n) is 11.3. The molecule has 6 nitrogen and oxygen atoms in total. The van der Waals surface area contributed by atoms with Crippen molar-refractivity contribution in [2.75, 3.05) is 0 Å². The zero-order chi connectivity index (χ0) is 30.5. The lowest BCUT2D eigenvalue weighted by Crippen LogP contribution is -2.12. The van der Waals surface area contributed by atoms with Crippen LogP contribution in [0.1, 0.15) is 11.9 Å². The smallest absolute Gasteiger partial charge is 0.245 e. The number of oxazole rings is 1. The molecular formula is C40H26N4O2. The molecule has 1 unspecified atom stereocenters. The number of hydrogen-bond acceptors (Lipinski definition) is 6.